The molecule has 2 nitrogen and oxygen atoms in total. The van der Waals surface area contributed by atoms with Gasteiger partial charge in [0.2, 0.25) is 0 Å². The molecule has 0 bridgehead atoms. The molecule has 0 aliphatic rings. The third-order valence-electron chi connectivity index (χ3n) is 2.31. The topological polar surface area (TPSA) is 38.9 Å². The maximum absolute atomic E-state index is 5.59. The summed E-state index contributed by atoms with van der Waals surface area (Å²) in [7, 11) is 0. The molecule has 0 aliphatic heterocycles. The number of rotatable bonds is 2. The van der Waals surface area contributed by atoms with Gasteiger partial charge in [0.15, 0.2) is 0 Å². The van der Waals surface area contributed by atoms with Crippen molar-refractivity contribution in [2.75, 3.05) is 0 Å². The van der Waals surface area contributed by atoms with Crippen LogP contribution in [0.4, 0.5) is 0 Å². The molecule has 0 aliphatic carbocycles. The van der Waals surface area contributed by atoms with E-state index in [4.69, 9.17) is 5.73 Å². The molecule has 0 saturated carbocycles. The van der Waals surface area contributed by atoms with E-state index in [1.54, 1.807) is 11.3 Å². The van der Waals surface area contributed by atoms with E-state index in [-0.39, 0.29) is 5.41 Å². The largest absolute Gasteiger partial charge is 0.326 e. The third-order valence-corrected chi connectivity index (χ3v) is 5.01. The highest BCUT2D eigenvalue weighted by atomic mass is 32.1. The molecule has 0 spiro atoms. The van der Waals surface area contributed by atoms with Gasteiger partial charge in [-0.15, -0.1) is 22.7 Å². The van der Waals surface area contributed by atoms with Crippen molar-refractivity contribution in [3.63, 3.8) is 0 Å². The number of nitrogens with zero attached hydrogens (tertiary/aromatic N) is 1. The van der Waals surface area contributed by atoms with E-state index in [2.05, 4.69) is 37.9 Å². The highest BCUT2D eigenvalue weighted by Crippen LogP contribution is 2.36. The second-order valence-electron chi connectivity index (χ2n) is 4.75. The fraction of sp³-hybridized carbons (Fsp3) is 0.417. The molecule has 0 amide bonds. The zero-order valence-corrected chi connectivity index (χ0v) is 11.4. The average molecular weight is 252 g/mol. The molecular formula is C12H16N2S2. The molecule has 2 N–H and O–H groups in total. The van der Waals surface area contributed by atoms with Crippen LogP contribution < -0.4 is 5.73 Å². The van der Waals surface area contributed by atoms with Crippen LogP contribution in [0.1, 0.15) is 30.5 Å². The Morgan fingerprint density at radius 1 is 1.25 bits per heavy atom. The second-order valence-corrected chi connectivity index (χ2v) is 6.95. The van der Waals surface area contributed by atoms with Crippen molar-refractivity contribution in [3.05, 3.63) is 28.1 Å². The van der Waals surface area contributed by atoms with E-state index in [0.29, 0.717) is 6.54 Å². The van der Waals surface area contributed by atoms with Crippen LogP contribution in [0.5, 0.6) is 0 Å². The Labute approximate surface area is 104 Å². The number of aromatic nitrogens is 1. The molecule has 0 radical (unpaired) electrons. The summed E-state index contributed by atoms with van der Waals surface area (Å²) in [6, 6.07) is 4.36. The molecule has 0 saturated heterocycles. The van der Waals surface area contributed by atoms with Gasteiger partial charge >= 0.3 is 0 Å². The average Bonchev–Trinajstić information content (AvgIpc) is 2.85. The lowest BCUT2D eigenvalue weighted by atomic mass is 9.95. The second kappa shape index (κ2) is 4.28. The zero-order valence-electron chi connectivity index (χ0n) is 9.78. The highest BCUT2D eigenvalue weighted by molar-refractivity contribution is 7.21. The van der Waals surface area contributed by atoms with Crippen molar-refractivity contribution >= 4 is 22.7 Å². The Morgan fingerprint density at radius 2 is 2.00 bits per heavy atom. The Kier molecular flexibility index (Phi) is 3.15. The van der Waals surface area contributed by atoms with E-state index in [9.17, 15) is 0 Å². The maximum Gasteiger partial charge on any atom is 0.133 e. The minimum absolute atomic E-state index is 0.219. The van der Waals surface area contributed by atoms with Crippen LogP contribution in [0.3, 0.4) is 0 Å². The fourth-order valence-electron chi connectivity index (χ4n) is 1.37. The molecule has 0 fully saturated rings. The lowest BCUT2D eigenvalue weighted by molar-refractivity contribution is 0.604. The minimum Gasteiger partial charge on any atom is -0.326 e. The highest BCUT2D eigenvalue weighted by Gasteiger charge is 2.17. The van der Waals surface area contributed by atoms with Crippen LogP contribution in [0.2, 0.25) is 0 Å². The molecule has 2 aromatic heterocycles. The third kappa shape index (κ3) is 2.34. The van der Waals surface area contributed by atoms with E-state index in [1.165, 1.54) is 9.75 Å². The van der Waals surface area contributed by atoms with Gasteiger partial charge in [0, 0.05) is 22.5 Å². The van der Waals surface area contributed by atoms with E-state index in [0.717, 1.165) is 9.88 Å². The summed E-state index contributed by atoms with van der Waals surface area (Å²) in [6.45, 7) is 7.27. The van der Waals surface area contributed by atoms with Gasteiger partial charge in [0.25, 0.3) is 0 Å². The first kappa shape index (κ1) is 11.8. The predicted molar refractivity (Wildman–Crippen MR) is 72.0 cm³/mol. The van der Waals surface area contributed by atoms with Crippen molar-refractivity contribution in [1.29, 1.82) is 0 Å². The number of hydrogen-bond acceptors (Lipinski definition) is 4. The molecule has 86 valence electrons. The Balaban J connectivity index is 2.31. The molecule has 2 heterocycles. The lowest BCUT2D eigenvalue weighted by Crippen LogP contribution is -2.07. The quantitative estimate of drug-likeness (QED) is 0.886. The summed E-state index contributed by atoms with van der Waals surface area (Å²) < 4.78 is 0. The zero-order chi connectivity index (χ0) is 11.8. The first-order valence-corrected chi connectivity index (χ1v) is 6.89. The van der Waals surface area contributed by atoms with Gasteiger partial charge in [-0.25, -0.2) is 4.98 Å². The van der Waals surface area contributed by atoms with Crippen LogP contribution in [-0.2, 0) is 12.0 Å². The molecular weight excluding hydrogens is 236 g/mol. The van der Waals surface area contributed by atoms with Crippen molar-refractivity contribution in [2.24, 2.45) is 5.73 Å². The molecule has 0 aromatic carbocycles. The first-order chi connectivity index (χ1) is 7.50. The van der Waals surface area contributed by atoms with E-state index >= 15 is 0 Å². The Morgan fingerprint density at radius 3 is 2.50 bits per heavy atom. The van der Waals surface area contributed by atoms with Gasteiger partial charge in [-0.1, -0.05) is 20.8 Å². The Hall–Kier alpha value is -0.710. The smallest absolute Gasteiger partial charge is 0.133 e. The molecule has 2 aromatic rings. The van der Waals surface area contributed by atoms with E-state index in [1.807, 2.05) is 17.5 Å². The minimum atomic E-state index is 0.219. The molecule has 2 rings (SSSR count). The monoisotopic (exact) mass is 252 g/mol. The summed E-state index contributed by atoms with van der Waals surface area (Å²) in [5, 5.41) is 1.08. The van der Waals surface area contributed by atoms with E-state index < -0.39 is 0 Å². The van der Waals surface area contributed by atoms with Crippen molar-refractivity contribution in [3.8, 4) is 9.88 Å². The van der Waals surface area contributed by atoms with Gasteiger partial charge in [-0.05, 0) is 17.5 Å². The first-order valence-electron chi connectivity index (χ1n) is 5.26. The maximum atomic E-state index is 5.59. The lowest BCUT2D eigenvalue weighted by Gasteiger charge is -2.15. The van der Waals surface area contributed by atoms with Crippen molar-refractivity contribution in [2.45, 2.75) is 32.7 Å². The summed E-state index contributed by atoms with van der Waals surface area (Å²) in [5.41, 5.74) is 5.81. The van der Waals surface area contributed by atoms with Crippen LogP contribution in [0, 0.1) is 0 Å². The summed E-state index contributed by atoms with van der Waals surface area (Å²) in [5.74, 6) is 0. The number of thiazole rings is 1. The standard InChI is InChI=1S/C12H16N2S2/c1-12(2,3)10-5-4-9(16-10)11-14-7-8(6-13)15-11/h4-5,7H,6,13H2,1-3H3. The number of nitrogens with two attached hydrogens (primary N) is 1. The van der Waals surface area contributed by atoms with Crippen LogP contribution >= 0.6 is 22.7 Å². The number of thiophene rings is 1. The number of hydrogen-bond donors (Lipinski definition) is 1. The van der Waals surface area contributed by atoms with Crippen molar-refractivity contribution in [1.82, 2.24) is 4.98 Å². The van der Waals surface area contributed by atoms with Gasteiger partial charge in [0.05, 0.1) is 4.88 Å². The van der Waals surface area contributed by atoms with Crippen LogP contribution in [-0.4, -0.2) is 4.98 Å². The molecule has 16 heavy (non-hydrogen) atoms. The van der Waals surface area contributed by atoms with Gasteiger partial charge in [0.1, 0.15) is 5.01 Å². The SMILES string of the molecule is CC(C)(C)c1ccc(-c2ncc(CN)s2)s1. The fourth-order valence-corrected chi connectivity index (χ4v) is 3.29. The normalized spacial score (nSPS) is 12.0. The summed E-state index contributed by atoms with van der Waals surface area (Å²) in [6.07, 6.45) is 1.87. The Bertz CT molecular complexity index is 477. The van der Waals surface area contributed by atoms with Crippen LogP contribution in [0.25, 0.3) is 9.88 Å². The molecule has 0 unspecified atom stereocenters. The summed E-state index contributed by atoms with van der Waals surface area (Å²) in [4.78, 5) is 8.18. The van der Waals surface area contributed by atoms with Crippen LogP contribution in [0.15, 0.2) is 18.3 Å². The molecule has 0 atom stereocenters. The van der Waals surface area contributed by atoms with Gasteiger partial charge < -0.3 is 5.73 Å². The van der Waals surface area contributed by atoms with Crippen molar-refractivity contribution < 1.29 is 0 Å². The summed E-state index contributed by atoms with van der Waals surface area (Å²) >= 11 is 3.51. The van der Waals surface area contributed by atoms with Gasteiger partial charge in [-0.3, -0.25) is 0 Å². The molecule has 4 heteroatoms. The predicted octanol–water partition coefficient (Wildman–Crippen LogP) is 3.63. The van der Waals surface area contributed by atoms with Gasteiger partial charge in [-0.2, -0.15) is 0 Å².